The van der Waals surface area contributed by atoms with Gasteiger partial charge in [0.25, 0.3) is 0 Å². The first-order valence-corrected chi connectivity index (χ1v) is 7.83. The van der Waals surface area contributed by atoms with Crippen LogP contribution in [0.5, 0.6) is 0 Å². The van der Waals surface area contributed by atoms with E-state index in [0.717, 1.165) is 32.0 Å². The van der Waals surface area contributed by atoms with Gasteiger partial charge in [-0.15, -0.1) is 0 Å². The molecule has 0 saturated heterocycles. The summed E-state index contributed by atoms with van der Waals surface area (Å²) in [4.78, 5) is 14.4. The summed E-state index contributed by atoms with van der Waals surface area (Å²) in [6.45, 7) is 5.24. The number of hydrogen-bond acceptors (Lipinski definition) is 2. The fraction of sp³-hybridized carbons (Fsp3) is 0.562. The Balaban J connectivity index is 1.76. The molecule has 110 valence electrons. The molecule has 0 bridgehead atoms. The SMILES string of the molecule is CCCN(CCC(=O)Nc1ccccc1Cl)CC1CC1. The molecule has 1 saturated carbocycles. The summed E-state index contributed by atoms with van der Waals surface area (Å²) in [5, 5.41) is 3.47. The molecule has 0 unspecified atom stereocenters. The molecule has 3 nitrogen and oxygen atoms in total. The standard InChI is InChI=1S/C16H23ClN2O/c1-2-10-19(12-13-7-8-13)11-9-16(20)18-15-6-4-3-5-14(15)17/h3-6,13H,2,7-12H2,1H3,(H,18,20). The van der Waals surface area contributed by atoms with E-state index in [0.29, 0.717) is 17.1 Å². The molecule has 1 N–H and O–H groups in total. The Labute approximate surface area is 126 Å². The predicted octanol–water partition coefficient (Wildman–Crippen LogP) is 3.79. The lowest BCUT2D eigenvalue weighted by molar-refractivity contribution is -0.116. The highest BCUT2D eigenvalue weighted by Gasteiger charge is 2.24. The normalized spacial score (nSPS) is 14.6. The zero-order valence-electron chi connectivity index (χ0n) is 12.1. The summed E-state index contributed by atoms with van der Waals surface area (Å²) in [7, 11) is 0. The second-order valence-corrected chi connectivity index (χ2v) is 5.93. The number of benzene rings is 1. The Bertz CT molecular complexity index is 446. The lowest BCUT2D eigenvalue weighted by Crippen LogP contribution is -2.30. The number of nitrogens with one attached hydrogen (secondary N) is 1. The zero-order valence-corrected chi connectivity index (χ0v) is 12.8. The van der Waals surface area contributed by atoms with Crippen LogP contribution >= 0.6 is 11.6 Å². The van der Waals surface area contributed by atoms with Crippen LogP contribution in [0.3, 0.4) is 0 Å². The van der Waals surface area contributed by atoms with Crippen molar-refractivity contribution in [3.63, 3.8) is 0 Å². The fourth-order valence-electron chi connectivity index (χ4n) is 2.31. The minimum Gasteiger partial charge on any atom is -0.325 e. The minimum absolute atomic E-state index is 0.0370. The van der Waals surface area contributed by atoms with Crippen molar-refractivity contribution in [3.8, 4) is 0 Å². The molecule has 1 amide bonds. The number of nitrogens with zero attached hydrogens (tertiary/aromatic N) is 1. The number of hydrogen-bond donors (Lipinski definition) is 1. The number of amides is 1. The molecular weight excluding hydrogens is 272 g/mol. The van der Waals surface area contributed by atoms with Crippen LogP contribution in [0.4, 0.5) is 5.69 Å². The Kier molecular flexibility index (Phi) is 5.86. The molecule has 0 spiro atoms. The van der Waals surface area contributed by atoms with Gasteiger partial charge in [0.15, 0.2) is 0 Å². The summed E-state index contributed by atoms with van der Waals surface area (Å²) in [6, 6.07) is 7.34. The van der Waals surface area contributed by atoms with Crippen LogP contribution in [0.15, 0.2) is 24.3 Å². The highest BCUT2D eigenvalue weighted by Crippen LogP contribution is 2.29. The van der Waals surface area contributed by atoms with Gasteiger partial charge in [0, 0.05) is 19.5 Å². The molecule has 20 heavy (non-hydrogen) atoms. The molecule has 0 radical (unpaired) electrons. The van der Waals surface area contributed by atoms with E-state index >= 15 is 0 Å². The van der Waals surface area contributed by atoms with Crippen LogP contribution in [0.2, 0.25) is 5.02 Å². The van der Waals surface area contributed by atoms with Gasteiger partial charge < -0.3 is 10.2 Å². The molecule has 0 aromatic heterocycles. The van der Waals surface area contributed by atoms with Crippen LogP contribution in [0, 0.1) is 5.92 Å². The fourth-order valence-corrected chi connectivity index (χ4v) is 2.49. The molecule has 1 aliphatic carbocycles. The van der Waals surface area contributed by atoms with Gasteiger partial charge in [0.1, 0.15) is 0 Å². The lowest BCUT2D eigenvalue weighted by Gasteiger charge is -2.21. The van der Waals surface area contributed by atoms with Crippen molar-refractivity contribution < 1.29 is 4.79 Å². The van der Waals surface area contributed by atoms with E-state index in [1.165, 1.54) is 12.8 Å². The van der Waals surface area contributed by atoms with E-state index in [1.807, 2.05) is 18.2 Å². The van der Waals surface area contributed by atoms with Crippen molar-refractivity contribution in [2.75, 3.05) is 25.0 Å². The topological polar surface area (TPSA) is 32.3 Å². The average molecular weight is 295 g/mol. The first-order valence-electron chi connectivity index (χ1n) is 7.45. The second kappa shape index (κ2) is 7.65. The number of carbonyl (C=O) groups is 1. The molecule has 1 fully saturated rings. The Morgan fingerprint density at radius 2 is 2.10 bits per heavy atom. The number of para-hydroxylation sites is 1. The third kappa shape index (κ3) is 5.14. The maximum atomic E-state index is 12.0. The van der Waals surface area contributed by atoms with E-state index in [2.05, 4.69) is 17.1 Å². The quantitative estimate of drug-likeness (QED) is 0.791. The van der Waals surface area contributed by atoms with Crippen molar-refractivity contribution in [2.24, 2.45) is 5.92 Å². The zero-order chi connectivity index (χ0) is 14.4. The maximum Gasteiger partial charge on any atom is 0.225 e. The smallest absolute Gasteiger partial charge is 0.225 e. The summed E-state index contributed by atoms with van der Waals surface area (Å²) in [5.74, 6) is 0.906. The predicted molar refractivity (Wildman–Crippen MR) is 84.2 cm³/mol. The van der Waals surface area contributed by atoms with E-state index in [1.54, 1.807) is 6.07 Å². The van der Waals surface area contributed by atoms with Gasteiger partial charge in [-0.2, -0.15) is 0 Å². The summed E-state index contributed by atoms with van der Waals surface area (Å²) >= 11 is 6.03. The van der Waals surface area contributed by atoms with Gasteiger partial charge in [-0.05, 0) is 43.9 Å². The second-order valence-electron chi connectivity index (χ2n) is 5.52. The van der Waals surface area contributed by atoms with E-state index in [4.69, 9.17) is 11.6 Å². The van der Waals surface area contributed by atoms with Gasteiger partial charge in [-0.25, -0.2) is 0 Å². The maximum absolute atomic E-state index is 12.0. The number of halogens is 1. The van der Waals surface area contributed by atoms with Gasteiger partial charge >= 0.3 is 0 Å². The molecule has 1 aliphatic rings. The van der Waals surface area contributed by atoms with E-state index < -0.39 is 0 Å². The monoisotopic (exact) mass is 294 g/mol. The Hall–Kier alpha value is -1.06. The third-order valence-corrected chi connectivity index (χ3v) is 3.89. The third-order valence-electron chi connectivity index (χ3n) is 3.56. The van der Waals surface area contributed by atoms with Crippen LogP contribution in [-0.2, 0) is 4.79 Å². The molecule has 1 aromatic carbocycles. The van der Waals surface area contributed by atoms with Crippen molar-refractivity contribution in [2.45, 2.75) is 32.6 Å². The molecule has 0 heterocycles. The largest absolute Gasteiger partial charge is 0.325 e. The number of carbonyl (C=O) groups excluding carboxylic acids is 1. The van der Waals surface area contributed by atoms with Crippen LogP contribution < -0.4 is 5.32 Å². The highest BCUT2D eigenvalue weighted by atomic mass is 35.5. The first kappa shape index (κ1) is 15.3. The van der Waals surface area contributed by atoms with Crippen molar-refractivity contribution in [3.05, 3.63) is 29.3 Å². The summed E-state index contributed by atoms with van der Waals surface area (Å²) in [5.41, 5.74) is 0.698. The summed E-state index contributed by atoms with van der Waals surface area (Å²) < 4.78 is 0. The first-order chi connectivity index (χ1) is 9.69. The van der Waals surface area contributed by atoms with Gasteiger partial charge in [-0.3, -0.25) is 4.79 Å². The van der Waals surface area contributed by atoms with Crippen molar-refractivity contribution >= 4 is 23.2 Å². The molecule has 0 atom stereocenters. The number of anilines is 1. The lowest BCUT2D eigenvalue weighted by atomic mass is 10.2. The molecule has 1 aromatic rings. The minimum atomic E-state index is 0.0370. The van der Waals surface area contributed by atoms with Gasteiger partial charge in [0.05, 0.1) is 10.7 Å². The van der Waals surface area contributed by atoms with Gasteiger partial charge in [0.2, 0.25) is 5.91 Å². The Morgan fingerprint density at radius 3 is 2.75 bits per heavy atom. The molecule has 0 aliphatic heterocycles. The Morgan fingerprint density at radius 1 is 1.35 bits per heavy atom. The van der Waals surface area contributed by atoms with E-state index in [-0.39, 0.29) is 5.91 Å². The average Bonchev–Trinajstić information content (AvgIpc) is 3.23. The molecule has 2 rings (SSSR count). The van der Waals surface area contributed by atoms with E-state index in [9.17, 15) is 4.79 Å². The molecule has 4 heteroatoms. The highest BCUT2D eigenvalue weighted by molar-refractivity contribution is 6.33. The molecular formula is C16H23ClN2O. The summed E-state index contributed by atoms with van der Waals surface area (Å²) in [6.07, 6.45) is 4.37. The van der Waals surface area contributed by atoms with Crippen LogP contribution in [0.1, 0.15) is 32.6 Å². The van der Waals surface area contributed by atoms with Crippen molar-refractivity contribution in [1.82, 2.24) is 4.90 Å². The van der Waals surface area contributed by atoms with Crippen LogP contribution in [-0.4, -0.2) is 30.4 Å². The van der Waals surface area contributed by atoms with Gasteiger partial charge in [-0.1, -0.05) is 30.7 Å². The van der Waals surface area contributed by atoms with Crippen molar-refractivity contribution in [1.29, 1.82) is 0 Å². The van der Waals surface area contributed by atoms with Crippen LogP contribution in [0.25, 0.3) is 0 Å². The number of rotatable bonds is 8.